The molecule has 0 spiro atoms. The Kier molecular flexibility index (Phi) is 7.75. The largest absolute Gasteiger partial charge is 0.349 e. The number of hydrogen-bond acceptors (Lipinski definition) is 3. The van der Waals surface area contributed by atoms with Gasteiger partial charge in [0.2, 0.25) is 0 Å². The number of carbonyl (C=O) groups excluding carboxylic acids is 2. The van der Waals surface area contributed by atoms with E-state index in [9.17, 15) is 14.4 Å². The summed E-state index contributed by atoms with van der Waals surface area (Å²) < 4.78 is 1.43. The van der Waals surface area contributed by atoms with Gasteiger partial charge in [-0.15, -0.1) is 0 Å². The van der Waals surface area contributed by atoms with Crippen LogP contribution in [0.5, 0.6) is 0 Å². The van der Waals surface area contributed by atoms with Crippen molar-refractivity contribution in [3.63, 3.8) is 0 Å². The minimum Gasteiger partial charge on any atom is -0.349 e. The van der Waals surface area contributed by atoms with Crippen molar-refractivity contribution < 1.29 is 9.59 Å². The number of nitrogens with zero attached hydrogens (tertiary/aromatic N) is 1. The number of rotatable bonds is 8. The maximum Gasteiger partial charge on any atom is 0.267 e. The molecule has 0 aliphatic rings. The SMILES string of the molecule is Cc1ccccc1C(=O)Nc1ccc(-n2cccc(C(=O)NC(C)CCc3ccccc3)c2=O)cc1. The van der Waals surface area contributed by atoms with Gasteiger partial charge in [0.25, 0.3) is 17.4 Å². The fraction of sp³-hybridized carbons (Fsp3) is 0.167. The van der Waals surface area contributed by atoms with Crippen LogP contribution in [-0.4, -0.2) is 22.4 Å². The number of pyridine rings is 1. The first-order valence-corrected chi connectivity index (χ1v) is 12.0. The van der Waals surface area contributed by atoms with Crippen molar-refractivity contribution in [1.82, 2.24) is 9.88 Å². The predicted octanol–water partition coefficient (Wildman–Crippen LogP) is 5.15. The predicted molar refractivity (Wildman–Crippen MR) is 143 cm³/mol. The van der Waals surface area contributed by atoms with Crippen LogP contribution in [0.4, 0.5) is 5.69 Å². The molecule has 6 nitrogen and oxygen atoms in total. The Balaban J connectivity index is 1.43. The van der Waals surface area contributed by atoms with Crippen LogP contribution in [0, 0.1) is 6.92 Å². The molecule has 0 saturated heterocycles. The van der Waals surface area contributed by atoms with Crippen molar-refractivity contribution in [3.8, 4) is 5.69 Å². The molecule has 0 aliphatic carbocycles. The lowest BCUT2D eigenvalue weighted by Crippen LogP contribution is -2.37. The number of benzene rings is 3. The Hall–Kier alpha value is -4.45. The monoisotopic (exact) mass is 479 g/mol. The number of aryl methyl sites for hydroxylation is 2. The second-order valence-corrected chi connectivity index (χ2v) is 8.81. The van der Waals surface area contributed by atoms with E-state index in [2.05, 4.69) is 22.8 Å². The lowest BCUT2D eigenvalue weighted by atomic mass is 10.1. The first-order chi connectivity index (χ1) is 17.4. The average molecular weight is 480 g/mol. The molecule has 0 radical (unpaired) electrons. The lowest BCUT2D eigenvalue weighted by molar-refractivity contribution is 0.0935. The summed E-state index contributed by atoms with van der Waals surface area (Å²) in [5, 5.41) is 5.81. The van der Waals surface area contributed by atoms with Gasteiger partial charge < -0.3 is 10.6 Å². The van der Waals surface area contributed by atoms with E-state index in [4.69, 9.17) is 0 Å². The van der Waals surface area contributed by atoms with E-state index in [-0.39, 0.29) is 17.5 Å². The molecule has 0 fully saturated rings. The van der Waals surface area contributed by atoms with Crippen molar-refractivity contribution in [2.75, 3.05) is 5.32 Å². The number of amides is 2. The highest BCUT2D eigenvalue weighted by molar-refractivity contribution is 6.05. The quantitative estimate of drug-likeness (QED) is 0.367. The van der Waals surface area contributed by atoms with Gasteiger partial charge in [0.05, 0.1) is 0 Å². The molecule has 0 bridgehead atoms. The van der Waals surface area contributed by atoms with Gasteiger partial charge in [-0.05, 0) is 80.3 Å². The highest BCUT2D eigenvalue weighted by atomic mass is 16.2. The number of aromatic nitrogens is 1. The maximum atomic E-state index is 13.1. The number of nitrogens with one attached hydrogen (secondary N) is 2. The van der Waals surface area contributed by atoms with Crippen molar-refractivity contribution in [1.29, 1.82) is 0 Å². The average Bonchev–Trinajstić information content (AvgIpc) is 2.89. The summed E-state index contributed by atoms with van der Waals surface area (Å²) in [5.74, 6) is -0.588. The Morgan fingerprint density at radius 3 is 2.19 bits per heavy atom. The molecule has 0 aliphatic heterocycles. The lowest BCUT2D eigenvalue weighted by Gasteiger charge is -2.15. The molecular weight excluding hydrogens is 450 g/mol. The van der Waals surface area contributed by atoms with Gasteiger partial charge >= 0.3 is 0 Å². The highest BCUT2D eigenvalue weighted by Crippen LogP contribution is 2.15. The van der Waals surface area contributed by atoms with Gasteiger partial charge in [-0.25, -0.2) is 0 Å². The van der Waals surface area contributed by atoms with Crippen LogP contribution < -0.4 is 16.2 Å². The number of carbonyl (C=O) groups is 2. The Bertz CT molecular complexity index is 1410. The molecule has 36 heavy (non-hydrogen) atoms. The Morgan fingerprint density at radius 1 is 0.806 bits per heavy atom. The fourth-order valence-corrected chi connectivity index (χ4v) is 4.00. The number of anilines is 1. The van der Waals surface area contributed by atoms with Gasteiger partial charge in [-0.1, -0.05) is 48.5 Å². The van der Waals surface area contributed by atoms with Crippen LogP contribution in [0.3, 0.4) is 0 Å². The normalized spacial score (nSPS) is 11.5. The standard InChI is InChI=1S/C30H29N3O3/c1-21-9-6-7-12-26(21)28(34)32-24-16-18-25(19-17-24)33-20-8-13-27(30(33)36)29(35)31-22(2)14-15-23-10-4-3-5-11-23/h3-13,16-20,22H,14-15H2,1-2H3,(H,31,35)(H,32,34). The number of hydrogen-bond donors (Lipinski definition) is 2. The molecular formula is C30H29N3O3. The van der Waals surface area contributed by atoms with Gasteiger partial charge in [0.1, 0.15) is 5.56 Å². The summed E-state index contributed by atoms with van der Waals surface area (Å²) in [6, 6.07) is 27.5. The van der Waals surface area contributed by atoms with Crippen LogP contribution in [0.1, 0.15) is 45.2 Å². The second-order valence-electron chi connectivity index (χ2n) is 8.81. The summed E-state index contributed by atoms with van der Waals surface area (Å²) >= 11 is 0. The summed E-state index contributed by atoms with van der Waals surface area (Å²) in [7, 11) is 0. The van der Waals surface area contributed by atoms with Gasteiger partial charge in [-0.3, -0.25) is 19.0 Å². The fourth-order valence-electron chi connectivity index (χ4n) is 4.00. The van der Waals surface area contributed by atoms with Gasteiger partial charge in [0.15, 0.2) is 0 Å². The van der Waals surface area contributed by atoms with Crippen molar-refractivity contribution in [3.05, 3.63) is 130 Å². The molecule has 1 heterocycles. The third-order valence-electron chi connectivity index (χ3n) is 6.07. The minimum atomic E-state index is -0.401. The van der Waals surface area contributed by atoms with E-state index in [0.29, 0.717) is 16.9 Å². The van der Waals surface area contributed by atoms with Gasteiger partial charge in [0, 0.05) is 29.2 Å². The first-order valence-electron chi connectivity index (χ1n) is 12.0. The highest BCUT2D eigenvalue weighted by Gasteiger charge is 2.15. The topological polar surface area (TPSA) is 80.2 Å². The van der Waals surface area contributed by atoms with E-state index in [1.807, 2.05) is 50.2 Å². The Labute approximate surface area is 210 Å². The van der Waals surface area contributed by atoms with Crippen LogP contribution in [0.25, 0.3) is 5.69 Å². The molecule has 1 aromatic heterocycles. The molecule has 1 atom stereocenters. The molecule has 1 unspecified atom stereocenters. The molecule has 4 rings (SSSR count). The summed E-state index contributed by atoms with van der Waals surface area (Å²) in [6.07, 6.45) is 3.24. The van der Waals surface area contributed by atoms with Crippen LogP contribution in [0.2, 0.25) is 0 Å². The van der Waals surface area contributed by atoms with Crippen molar-refractivity contribution in [2.45, 2.75) is 32.7 Å². The molecule has 4 aromatic rings. The minimum absolute atomic E-state index is 0.0816. The smallest absolute Gasteiger partial charge is 0.267 e. The summed E-state index contributed by atoms with van der Waals surface area (Å²) in [4.78, 5) is 38.5. The second kappa shape index (κ2) is 11.3. The van der Waals surface area contributed by atoms with E-state index >= 15 is 0 Å². The van der Waals surface area contributed by atoms with E-state index in [0.717, 1.165) is 18.4 Å². The summed E-state index contributed by atoms with van der Waals surface area (Å²) in [5.41, 5.74) is 3.60. The molecule has 6 heteroatoms. The maximum absolute atomic E-state index is 13.1. The molecule has 3 aromatic carbocycles. The van der Waals surface area contributed by atoms with Crippen LogP contribution in [0.15, 0.2) is 102 Å². The third kappa shape index (κ3) is 5.96. The van der Waals surface area contributed by atoms with Crippen molar-refractivity contribution >= 4 is 17.5 Å². The van der Waals surface area contributed by atoms with Crippen LogP contribution >= 0.6 is 0 Å². The molecule has 182 valence electrons. The summed E-state index contributed by atoms with van der Waals surface area (Å²) in [6.45, 7) is 3.82. The van der Waals surface area contributed by atoms with Gasteiger partial charge in [-0.2, -0.15) is 0 Å². The van der Waals surface area contributed by atoms with Crippen LogP contribution in [-0.2, 0) is 6.42 Å². The third-order valence-corrected chi connectivity index (χ3v) is 6.07. The van der Waals surface area contributed by atoms with Crippen molar-refractivity contribution in [2.24, 2.45) is 0 Å². The first kappa shape index (κ1) is 24.7. The molecule has 0 saturated carbocycles. The zero-order valence-corrected chi connectivity index (χ0v) is 20.4. The Morgan fingerprint density at radius 2 is 1.47 bits per heavy atom. The van der Waals surface area contributed by atoms with E-state index < -0.39 is 11.5 Å². The molecule has 2 amide bonds. The zero-order chi connectivity index (χ0) is 25.5. The molecule has 2 N–H and O–H groups in total. The van der Waals surface area contributed by atoms with E-state index in [1.54, 1.807) is 42.6 Å². The van der Waals surface area contributed by atoms with E-state index in [1.165, 1.54) is 16.2 Å². The zero-order valence-electron chi connectivity index (χ0n) is 20.4.